The molecule has 7 nitrogen and oxygen atoms in total. The molecule has 26 heavy (non-hydrogen) atoms. The number of nitrogens with one attached hydrogen (secondary N) is 3. The first kappa shape index (κ1) is 20.3. The highest BCUT2D eigenvalue weighted by atomic mass is 79.9. The lowest BCUT2D eigenvalue weighted by Gasteiger charge is -2.18. The Bertz CT molecular complexity index is 931. The van der Waals surface area contributed by atoms with Crippen LogP contribution in [0.1, 0.15) is 12.8 Å². The lowest BCUT2D eigenvalue weighted by atomic mass is 10.1. The maximum atomic E-state index is 12.9. The highest BCUT2D eigenvalue weighted by molar-refractivity contribution is 9.10. The van der Waals surface area contributed by atoms with E-state index >= 15 is 0 Å². The Morgan fingerprint density at radius 1 is 1.04 bits per heavy atom. The Morgan fingerprint density at radius 2 is 1.69 bits per heavy atom. The molecule has 0 heterocycles. The highest BCUT2D eigenvalue weighted by Crippen LogP contribution is 2.29. The van der Waals surface area contributed by atoms with Gasteiger partial charge in [-0.3, -0.25) is 9.59 Å². The minimum absolute atomic E-state index is 0.0260. The highest BCUT2D eigenvalue weighted by Gasteiger charge is 2.27. The van der Waals surface area contributed by atoms with Gasteiger partial charge < -0.3 is 10.6 Å². The maximum Gasteiger partial charge on any atom is 0.241 e. The molecule has 0 saturated carbocycles. The van der Waals surface area contributed by atoms with Crippen molar-refractivity contribution in [3.05, 3.63) is 40.9 Å². The molecule has 3 N–H and O–H groups in total. The molecule has 0 aliphatic heterocycles. The molecule has 2 aromatic carbocycles. The van der Waals surface area contributed by atoms with Crippen molar-refractivity contribution in [2.75, 3.05) is 14.1 Å². The van der Waals surface area contributed by atoms with E-state index in [1.165, 1.54) is 20.2 Å². The third-order valence-corrected chi connectivity index (χ3v) is 6.14. The van der Waals surface area contributed by atoms with Crippen molar-refractivity contribution in [1.29, 1.82) is 0 Å². The van der Waals surface area contributed by atoms with Crippen molar-refractivity contribution in [3.8, 4) is 0 Å². The quantitative estimate of drug-likeness (QED) is 0.605. The molecule has 2 aromatic rings. The fourth-order valence-corrected chi connectivity index (χ4v) is 4.46. The number of hydrogen-bond donors (Lipinski definition) is 3. The zero-order chi connectivity index (χ0) is 19.3. The van der Waals surface area contributed by atoms with E-state index in [9.17, 15) is 18.0 Å². The third kappa shape index (κ3) is 4.60. The molecule has 9 heteroatoms. The SMILES string of the molecule is CNC(=O)CCC(NS(=O)(=O)c1ccc(Br)c2ccccc12)C(=O)NC. The van der Waals surface area contributed by atoms with Gasteiger partial charge in [-0.05, 0) is 23.9 Å². The molecule has 0 fully saturated rings. The van der Waals surface area contributed by atoms with Crippen LogP contribution in [0.5, 0.6) is 0 Å². The first-order valence-electron chi connectivity index (χ1n) is 7.92. The Hall–Kier alpha value is -1.97. The molecule has 2 amide bonds. The Kier molecular flexibility index (Phi) is 6.74. The second-order valence-corrected chi connectivity index (χ2v) is 8.13. The molecule has 140 valence electrons. The molecule has 0 aliphatic carbocycles. The van der Waals surface area contributed by atoms with E-state index in [1.54, 1.807) is 24.3 Å². The summed E-state index contributed by atoms with van der Waals surface area (Å²) in [6.07, 6.45) is 0.0746. The predicted octanol–water partition coefficient (Wildman–Crippen LogP) is 1.52. The zero-order valence-electron chi connectivity index (χ0n) is 14.4. The topological polar surface area (TPSA) is 104 Å². The van der Waals surface area contributed by atoms with Gasteiger partial charge in [0, 0.05) is 30.4 Å². The van der Waals surface area contributed by atoms with Crippen LogP contribution >= 0.6 is 15.9 Å². The van der Waals surface area contributed by atoms with Gasteiger partial charge in [0.2, 0.25) is 21.8 Å². The fraction of sp³-hybridized carbons (Fsp3) is 0.294. The monoisotopic (exact) mass is 441 g/mol. The number of fused-ring (bicyclic) bond motifs is 1. The summed E-state index contributed by atoms with van der Waals surface area (Å²) in [5, 5.41) is 6.16. The van der Waals surface area contributed by atoms with Crippen molar-refractivity contribution >= 4 is 48.5 Å². The molecule has 0 spiro atoms. The van der Waals surface area contributed by atoms with Gasteiger partial charge in [-0.1, -0.05) is 40.2 Å². The Labute approximate surface area is 160 Å². The molecular weight excluding hydrogens is 422 g/mol. The van der Waals surface area contributed by atoms with E-state index < -0.39 is 22.0 Å². The largest absolute Gasteiger partial charge is 0.359 e. The van der Waals surface area contributed by atoms with Crippen LogP contribution in [0.25, 0.3) is 10.8 Å². The second-order valence-electron chi connectivity index (χ2n) is 5.59. The molecule has 0 saturated heterocycles. The lowest BCUT2D eigenvalue weighted by Crippen LogP contribution is -2.46. The summed E-state index contributed by atoms with van der Waals surface area (Å²) in [7, 11) is -1.08. The normalized spacial score (nSPS) is 12.6. The summed E-state index contributed by atoms with van der Waals surface area (Å²) < 4.78 is 29.0. The van der Waals surface area contributed by atoms with Crippen LogP contribution < -0.4 is 15.4 Å². The summed E-state index contributed by atoms with van der Waals surface area (Å²) in [4.78, 5) is 23.6. The molecular formula is C17H20BrN3O4S. The second kappa shape index (κ2) is 8.61. The summed E-state index contributed by atoms with van der Waals surface area (Å²) in [5.41, 5.74) is 0. The average Bonchev–Trinajstić information content (AvgIpc) is 2.64. The van der Waals surface area contributed by atoms with Crippen LogP contribution in [-0.2, 0) is 19.6 Å². The van der Waals surface area contributed by atoms with Crippen molar-refractivity contribution in [2.24, 2.45) is 0 Å². The smallest absolute Gasteiger partial charge is 0.241 e. The Morgan fingerprint density at radius 3 is 2.31 bits per heavy atom. The summed E-state index contributed by atoms with van der Waals surface area (Å²) in [5.74, 6) is -0.772. The van der Waals surface area contributed by atoms with E-state index in [0.717, 1.165) is 9.86 Å². The molecule has 2 rings (SSSR count). The number of sulfonamides is 1. The van der Waals surface area contributed by atoms with E-state index in [-0.39, 0.29) is 23.6 Å². The minimum atomic E-state index is -3.98. The van der Waals surface area contributed by atoms with Gasteiger partial charge in [-0.15, -0.1) is 0 Å². The van der Waals surface area contributed by atoms with Gasteiger partial charge in [0.1, 0.15) is 6.04 Å². The van der Waals surface area contributed by atoms with E-state index in [4.69, 9.17) is 0 Å². The van der Waals surface area contributed by atoms with Gasteiger partial charge in [0.25, 0.3) is 0 Å². The van der Waals surface area contributed by atoms with Gasteiger partial charge in [0.15, 0.2) is 0 Å². The number of hydrogen-bond acceptors (Lipinski definition) is 4. The van der Waals surface area contributed by atoms with Gasteiger partial charge >= 0.3 is 0 Å². The van der Waals surface area contributed by atoms with Crippen molar-refractivity contribution < 1.29 is 18.0 Å². The standard InChI is InChI=1S/C17H20BrN3O4S/c1-19-16(22)10-8-14(17(23)20-2)21-26(24,25)15-9-7-13(18)11-5-3-4-6-12(11)15/h3-7,9,14,21H,8,10H2,1-2H3,(H,19,22)(H,20,23). The average molecular weight is 442 g/mol. The van der Waals surface area contributed by atoms with Crippen LogP contribution in [0.2, 0.25) is 0 Å². The minimum Gasteiger partial charge on any atom is -0.359 e. The summed E-state index contributed by atoms with van der Waals surface area (Å²) >= 11 is 3.41. The Balaban J connectivity index is 2.38. The molecule has 0 aliphatic rings. The number of carbonyl (C=O) groups excluding carboxylic acids is 2. The maximum absolute atomic E-state index is 12.9. The van der Waals surface area contributed by atoms with E-state index in [1.807, 2.05) is 6.07 Å². The molecule has 0 aromatic heterocycles. The number of benzene rings is 2. The van der Waals surface area contributed by atoms with Gasteiger partial charge in [0.05, 0.1) is 4.90 Å². The fourth-order valence-electron chi connectivity index (χ4n) is 2.54. The number of likely N-dealkylation sites (N-methyl/N-ethyl adjacent to an activating group) is 1. The number of carbonyl (C=O) groups is 2. The number of halogens is 1. The van der Waals surface area contributed by atoms with Crippen molar-refractivity contribution in [2.45, 2.75) is 23.8 Å². The number of rotatable bonds is 7. The van der Waals surface area contributed by atoms with Crippen LogP contribution in [0.3, 0.4) is 0 Å². The van der Waals surface area contributed by atoms with E-state index in [2.05, 4.69) is 31.3 Å². The third-order valence-electron chi connectivity index (χ3n) is 3.92. The van der Waals surface area contributed by atoms with Gasteiger partial charge in [-0.25, -0.2) is 8.42 Å². The molecule has 0 radical (unpaired) electrons. The number of amides is 2. The lowest BCUT2D eigenvalue weighted by molar-refractivity contribution is -0.123. The van der Waals surface area contributed by atoms with Gasteiger partial charge in [-0.2, -0.15) is 4.72 Å². The molecule has 1 atom stereocenters. The molecule has 1 unspecified atom stereocenters. The first-order chi connectivity index (χ1) is 12.3. The van der Waals surface area contributed by atoms with E-state index in [0.29, 0.717) is 5.39 Å². The zero-order valence-corrected chi connectivity index (χ0v) is 16.8. The summed E-state index contributed by atoms with van der Waals surface area (Å²) in [6, 6.07) is 9.15. The first-order valence-corrected chi connectivity index (χ1v) is 10.2. The van der Waals surface area contributed by atoms with Crippen LogP contribution in [0.15, 0.2) is 45.8 Å². The van der Waals surface area contributed by atoms with Crippen LogP contribution in [0.4, 0.5) is 0 Å². The van der Waals surface area contributed by atoms with Crippen LogP contribution in [0, 0.1) is 0 Å². The van der Waals surface area contributed by atoms with Crippen molar-refractivity contribution in [3.63, 3.8) is 0 Å². The predicted molar refractivity (Wildman–Crippen MR) is 103 cm³/mol. The summed E-state index contributed by atoms with van der Waals surface area (Å²) in [6.45, 7) is 0. The van der Waals surface area contributed by atoms with Crippen LogP contribution in [-0.4, -0.2) is 40.4 Å². The van der Waals surface area contributed by atoms with Crippen molar-refractivity contribution in [1.82, 2.24) is 15.4 Å². The molecule has 0 bridgehead atoms.